The molecule has 0 saturated heterocycles. The molecule has 0 heterocycles. The summed E-state index contributed by atoms with van der Waals surface area (Å²) in [6.45, 7) is 3.86. The Morgan fingerprint density at radius 2 is 1.94 bits per heavy atom. The van der Waals surface area contributed by atoms with E-state index in [4.69, 9.17) is 9.84 Å². The van der Waals surface area contributed by atoms with Gasteiger partial charge in [-0.1, -0.05) is 38.1 Å². The Kier molecular flexibility index (Phi) is 5.43. The molecule has 1 atom stereocenters. The molecule has 0 aliphatic rings. The van der Waals surface area contributed by atoms with Crippen LogP contribution in [0.2, 0.25) is 0 Å². The van der Waals surface area contributed by atoms with Crippen LogP contribution in [0, 0.1) is 11.8 Å². The SMILES string of the molecule is COc1ccc(C=CCC(C(=O)O)C(C)C)cc1. The highest BCUT2D eigenvalue weighted by atomic mass is 16.5. The van der Waals surface area contributed by atoms with Crippen molar-refractivity contribution in [3.63, 3.8) is 0 Å². The van der Waals surface area contributed by atoms with Gasteiger partial charge in [-0.05, 0) is 30.0 Å². The number of carboxylic acids is 1. The lowest BCUT2D eigenvalue weighted by atomic mass is 9.92. The number of benzene rings is 1. The van der Waals surface area contributed by atoms with Gasteiger partial charge in [0, 0.05) is 0 Å². The zero-order valence-electron chi connectivity index (χ0n) is 11.1. The van der Waals surface area contributed by atoms with Gasteiger partial charge in [0.25, 0.3) is 0 Å². The fraction of sp³-hybridized carbons (Fsp3) is 0.400. The van der Waals surface area contributed by atoms with E-state index < -0.39 is 5.97 Å². The second kappa shape index (κ2) is 6.84. The zero-order valence-corrected chi connectivity index (χ0v) is 11.1. The molecule has 0 aliphatic carbocycles. The number of carbonyl (C=O) groups is 1. The van der Waals surface area contributed by atoms with Gasteiger partial charge in [0.15, 0.2) is 0 Å². The van der Waals surface area contributed by atoms with Crippen molar-refractivity contribution < 1.29 is 14.6 Å². The minimum Gasteiger partial charge on any atom is -0.497 e. The smallest absolute Gasteiger partial charge is 0.307 e. The number of carboxylic acid groups (broad SMARTS) is 1. The molecule has 1 unspecified atom stereocenters. The molecule has 0 aromatic heterocycles. The third-order valence-electron chi connectivity index (χ3n) is 2.94. The normalized spacial score (nSPS) is 12.9. The molecule has 0 radical (unpaired) electrons. The zero-order chi connectivity index (χ0) is 13.5. The molecule has 1 rings (SSSR count). The summed E-state index contributed by atoms with van der Waals surface area (Å²) in [5.41, 5.74) is 1.05. The van der Waals surface area contributed by atoms with Gasteiger partial charge in [-0.25, -0.2) is 0 Å². The van der Waals surface area contributed by atoms with Gasteiger partial charge in [0.1, 0.15) is 5.75 Å². The lowest BCUT2D eigenvalue weighted by Crippen LogP contribution is -2.18. The van der Waals surface area contributed by atoms with Crippen molar-refractivity contribution in [2.45, 2.75) is 20.3 Å². The van der Waals surface area contributed by atoms with Crippen LogP contribution in [0.3, 0.4) is 0 Å². The monoisotopic (exact) mass is 248 g/mol. The van der Waals surface area contributed by atoms with E-state index in [-0.39, 0.29) is 11.8 Å². The van der Waals surface area contributed by atoms with Gasteiger partial charge in [0.05, 0.1) is 13.0 Å². The van der Waals surface area contributed by atoms with E-state index in [1.807, 2.05) is 50.3 Å². The quantitative estimate of drug-likeness (QED) is 0.838. The molecule has 0 aliphatic heterocycles. The summed E-state index contributed by atoms with van der Waals surface area (Å²) in [4.78, 5) is 11.0. The molecular formula is C15H20O3. The number of allylic oxidation sites excluding steroid dienone is 1. The van der Waals surface area contributed by atoms with Gasteiger partial charge in [-0.2, -0.15) is 0 Å². The van der Waals surface area contributed by atoms with Crippen molar-refractivity contribution in [3.8, 4) is 5.75 Å². The van der Waals surface area contributed by atoms with Crippen molar-refractivity contribution in [1.82, 2.24) is 0 Å². The average Bonchev–Trinajstić information content (AvgIpc) is 2.34. The summed E-state index contributed by atoms with van der Waals surface area (Å²) in [5, 5.41) is 9.06. The highest BCUT2D eigenvalue weighted by molar-refractivity contribution is 5.70. The van der Waals surface area contributed by atoms with Crippen molar-refractivity contribution in [3.05, 3.63) is 35.9 Å². The van der Waals surface area contributed by atoms with E-state index >= 15 is 0 Å². The molecule has 1 aromatic rings. The highest BCUT2D eigenvalue weighted by Gasteiger charge is 2.19. The van der Waals surface area contributed by atoms with E-state index in [2.05, 4.69) is 0 Å². The predicted octanol–water partition coefficient (Wildman–Crippen LogP) is 3.46. The van der Waals surface area contributed by atoms with Crippen LogP contribution in [-0.4, -0.2) is 18.2 Å². The van der Waals surface area contributed by atoms with Crippen LogP contribution in [-0.2, 0) is 4.79 Å². The number of ether oxygens (including phenoxy) is 1. The summed E-state index contributed by atoms with van der Waals surface area (Å²) in [6.07, 6.45) is 4.41. The Hall–Kier alpha value is -1.77. The fourth-order valence-electron chi connectivity index (χ4n) is 1.72. The maximum Gasteiger partial charge on any atom is 0.307 e. The summed E-state index contributed by atoms with van der Waals surface area (Å²) in [7, 11) is 1.63. The van der Waals surface area contributed by atoms with Crippen LogP contribution < -0.4 is 4.74 Å². The molecule has 3 nitrogen and oxygen atoms in total. The van der Waals surface area contributed by atoms with E-state index in [1.54, 1.807) is 7.11 Å². The first-order valence-electron chi connectivity index (χ1n) is 6.08. The van der Waals surface area contributed by atoms with Gasteiger partial charge in [0.2, 0.25) is 0 Å². The van der Waals surface area contributed by atoms with Crippen molar-refractivity contribution in [2.75, 3.05) is 7.11 Å². The summed E-state index contributed by atoms with van der Waals surface area (Å²) in [5.74, 6) is -0.0929. The molecule has 1 aromatic carbocycles. The van der Waals surface area contributed by atoms with Gasteiger partial charge in [-0.15, -0.1) is 0 Å². The number of aliphatic carboxylic acids is 1. The molecule has 3 heteroatoms. The summed E-state index contributed by atoms with van der Waals surface area (Å²) >= 11 is 0. The fourth-order valence-corrected chi connectivity index (χ4v) is 1.72. The summed E-state index contributed by atoms with van der Waals surface area (Å²) < 4.78 is 5.07. The average molecular weight is 248 g/mol. The minimum absolute atomic E-state index is 0.142. The van der Waals surface area contributed by atoms with E-state index in [0.29, 0.717) is 6.42 Å². The first-order chi connectivity index (χ1) is 8.54. The van der Waals surface area contributed by atoms with Crippen LogP contribution >= 0.6 is 0 Å². The number of hydrogen-bond acceptors (Lipinski definition) is 2. The van der Waals surface area contributed by atoms with Gasteiger partial charge in [-0.3, -0.25) is 4.79 Å². The van der Waals surface area contributed by atoms with Gasteiger partial charge < -0.3 is 9.84 Å². The van der Waals surface area contributed by atoms with Crippen LogP contribution in [0.4, 0.5) is 0 Å². The number of rotatable bonds is 6. The van der Waals surface area contributed by atoms with Crippen LogP contribution in [0.25, 0.3) is 6.08 Å². The Bertz CT molecular complexity index is 404. The maximum absolute atomic E-state index is 11.0. The molecule has 0 saturated carbocycles. The molecule has 98 valence electrons. The van der Waals surface area contributed by atoms with Crippen LogP contribution in [0.15, 0.2) is 30.3 Å². The molecule has 18 heavy (non-hydrogen) atoms. The van der Waals surface area contributed by atoms with E-state index in [1.165, 1.54) is 0 Å². The van der Waals surface area contributed by atoms with Crippen molar-refractivity contribution >= 4 is 12.0 Å². The molecule has 0 fully saturated rings. The number of hydrogen-bond donors (Lipinski definition) is 1. The van der Waals surface area contributed by atoms with Crippen LogP contribution in [0.1, 0.15) is 25.8 Å². The Balaban J connectivity index is 2.60. The highest BCUT2D eigenvalue weighted by Crippen LogP contribution is 2.18. The predicted molar refractivity (Wildman–Crippen MR) is 72.6 cm³/mol. The maximum atomic E-state index is 11.0. The molecule has 0 spiro atoms. The summed E-state index contributed by atoms with van der Waals surface area (Å²) in [6, 6.07) is 7.66. The number of methoxy groups -OCH3 is 1. The van der Waals surface area contributed by atoms with Crippen molar-refractivity contribution in [2.24, 2.45) is 11.8 Å². The Labute approximate surface area is 108 Å². The Morgan fingerprint density at radius 1 is 1.33 bits per heavy atom. The van der Waals surface area contributed by atoms with Crippen LogP contribution in [0.5, 0.6) is 5.75 Å². The standard InChI is InChI=1S/C15H20O3/c1-11(2)14(15(16)17)6-4-5-12-7-9-13(18-3)10-8-12/h4-5,7-11,14H,6H2,1-3H3,(H,16,17). The molecule has 0 bridgehead atoms. The topological polar surface area (TPSA) is 46.5 Å². The molecular weight excluding hydrogens is 228 g/mol. The lowest BCUT2D eigenvalue weighted by molar-refractivity contribution is -0.143. The Morgan fingerprint density at radius 3 is 2.39 bits per heavy atom. The lowest BCUT2D eigenvalue weighted by Gasteiger charge is -2.13. The second-order valence-electron chi connectivity index (χ2n) is 4.60. The van der Waals surface area contributed by atoms with E-state index in [9.17, 15) is 4.79 Å². The van der Waals surface area contributed by atoms with Crippen molar-refractivity contribution in [1.29, 1.82) is 0 Å². The minimum atomic E-state index is -0.732. The third-order valence-corrected chi connectivity index (χ3v) is 2.94. The second-order valence-corrected chi connectivity index (χ2v) is 4.60. The third kappa shape index (κ3) is 4.24. The van der Waals surface area contributed by atoms with Gasteiger partial charge >= 0.3 is 5.97 Å². The first-order valence-corrected chi connectivity index (χ1v) is 6.08. The molecule has 0 amide bonds. The first kappa shape index (κ1) is 14.3. The van der Waals surface area contributed by atoms with E-state index in [0.717, 1.165) is 11.3 Å². The molecule has 1 N–H and O–H groups in total. The largest absolute Gasteiger partial charge is 0.497 e.